The molecule has 0 saturated heterocycles. The van der Waals surface area contributed by atoms with Crippen LogP contribution in [0.25, 0.3) is 0 Å². The van der Waals surface area contributed by atoms with Gasteiger partial charge in [0.15, 0.2) is 0 Å². The van der Waals surface area contributed by atoms with Gasteiger partial charge in [-0.1, -0.05) is 18.2 Å². The van der Waals surface area contributed by atoms with Crippen LogP contribution >= 0.6 is 0 Å². The minimum Gasteiger partial charge on any atom is -0.498 e. The van der Waals surface area contributed by atoms with Crippen LogP contribution in [-0.2, 0) is 9.47 Å². The third-order valence-corrected chi connectivity index (χ3v) is 1.54. The summed E-state index contributed by atoms with van der Waals surface area (Å²) in [6.07, 6.45) is 9.60. The standard InChI is InChI=1S/C9H12O2/c1-10-8-6-4-3-5-7-9(8)11-2/h3-8H,1-2H3. The van der Waals surface area contributed by atoms with E-state index in [9.17, 15) is 0 Å². The van der Waals surface area contributed by atoms with Gasteiger partial charge in [-0.3, -0.25) is 0 Å². The van der Waals surface area contributed by atoms with Gasteiger partial charge < -0.3 is 9.47 Å². The van der Waals surface area contributed by atoms with E-state index in [4.69, 9.17) is 9.47 Å². The van der Waals surface area contributed by atoms with E-state index in [-0.39, 0.29) is 6.10 Å². The molecule has 0 aromatic heterocycles. The van der Waals surface area contributed by atoms with E-state index >= 15 is 0 Å². The van der Waals surface area contributed by atoms with Crippen LogP contribution < -0.4 is 0 Å². The molecule has 1 rings (SSSR count). The molecule has 0 aliphatic heterocycles. The summed E-state index contributed by atoms with van der Waals surface area (Å²) >= 11 is 0. The highest BCUT2D eigenvalue weighted by Gasteiger charge is 2.09. The van der Waals surface area contributed by atoms with Gasteiger partial charge in [-0.05, 0) is 12.2 Å². The lowest BCUT2D eigenvalue weighted by atomic mass is 10.3. The molecule has 1 aliphatic carbocycles. The molecule has 0 saturated carbocycles. The fourth-order valence-corrected chi connectivity index (χ4v) is 0.948. The molecule has 1 unspecified atom stereocenters. The van der Waals surface area contributed by atoms with Crippen molar-refractivity contribution in [1.29, 1.82) is 0 Å². The summed E-state index contributed by atoms with van der Waals surface area (Å²) in [6.45, 7) is 0. The first-order valence-corrected chi connectivity index (χ1v) is 3.50. The number of ether oxygens (including phenoxy) is 2. The minimum absolute atomic E-state index is 0.0463. The van der Waals surface area contributed by atoms with Crippen molar-refractivity contribution in [3.05, 3.63) is 36.1 Å². The fourth-order valence-electron chi connectivity index (χ4n) is 0.948. The lowest BCUT2D eigenvalue weighted by molar-refractivity contribution is 0.110. The van der Waals surface area contributed by atoms with E-state index in [1.807, 2.05) is 30.4 Å². The Labute approximate surface area is 66.8 Å². The second-order valence-corrected chi connectivity index (χ2v) is 2.20. The SMILES string of the molecule is COC1=CC=CC=CC1OC. The normalized spacial score (nSPS) is 22.7. The topological polar surface area (TPSA) is 18.5 Å². The third kappa shape index (κ3) is 1.95. The predicted octanol–water partition coefficient (Wildman–Crippen LogP) is 1.66. The average Bonchev–Trinajstić information content (AvgIpc) is 2.27. The van der Waals surface area contributed by atoms with Crippen LogP contribution in [0.3, 0.4) is 0 Å². The van der Waals surface area contributed by atoms with Gasteiger partial charge in [0.1, 0.15) is 11.9 Å². The Kier molecular flexibility index (Phi) is 2.93. The molecule has 1 aliphatic rings. The molecule has 0 N–H and O–H groups in total. The lowest BCUT2D eigenvalue weighted by Gasteiger charge is -2.12. The molecule has 0 amide bonds. The highest BCUT2D eigenvalue weighted by molar-refractivity contribution is 5.24. The van der Waals surface area contributed by atoms with E-state index in [0.717, 1.165) is 5.76 Å². The number of methoxy groups -OCH3 is 2. The second-order valence-electron chi connectivity index (χ2n) is 2.20. The molecular weight excluding hydrogens is 140 g/mol. The van der Waals surface area contributed by atoms with Crippen molar-refractivity contribution in [2.24, 2.45) is 0 Å². The average molecular weight is 152 g/mol. The second kappa shape index (κ2) is 3.98. The van der Waals surface area contributed by atoms with Gasteiger partial charge in [0.2, 0.25) is 0 Å². The van der Waals surface area contributed by atoms with E-state index in [1.165, 1.54) is 0 Å². The number of rotatable bonds is 2. The van der Waals surface area contributed by atoms with Crippen molar-refractivity contribution < 1.29 is 9.47 Å². The Balaban J connectivity index is 2.76. The lowest BCUT2D eigenvalue weighted by Crippen LogP contribution is -2.11. The number of hydrogen-bond donors (Lipinski definition) is 0. The highest BCUT2D eigenvalue weighted by atomic mass is 16.5. The Morgan fingerprint density at radius 2 is 2.00 bits per heavy atom. The van der Waals surface area contributed by atoms with Crippen molar-refractivity contribution in [3.8, 4) is 0 Å². The molecular formula is C9H12O2. The van der Waals surface area contributed by atoms with Crippen molar-refractivity contribution in [3.63, 3.8) is 0 Å². The van der Waals surface area contributed by atoms with Crippen LogP contribution in [0.5, 0.6) is 0 Å². The maximum Gasteiger partial charge on any atom is 0.132 e. The van der Waals surface area contributed by atoms with Gasteiger partial charge in [0, 0.05) is 7.11 Å². The van der Waals surface area contributed by atoms with Gasteiger partial charge in [0.25, 0.3) is 0 Å². The smallest absolute Gasteiger partial charge is 0.132 e. The summed E-state index contributed by atoms with van der Waals surface area (Å²) in [5.74, 6) is 0.831. The number of allylic oxidation sites excluding steroid dienone is 4. The van der Waals surface area contributed by atoms with Gasteiger partial charge in [-0.2, -0.15) is 0 Å². The summed E-state index contributed by atoms with van der Waals surface area (Å²) in [5, 5.41) is 0. The molecule has 0 fully saturated rings. The molecule has 0 spiro atoms. The Morgan fingerprint density at radius 1 is 1.18 bits per heavy atom. The quantitative estimate of drug-likeness (QED) is 0.599. The molecule has 0 aromatic carbocycles. The van der Waals surface area contributed by atoms with Gasteiger partial charge in [-0.15, -0.1) is 0 Å². The van der Waals surface area contributed by atoms with Crippen molar-refractivity contribution in [2.45, 2.75) is 6.10 Å². The van der Waals surface area contributed by atoms with Crippen molar-refractivity contribution >= 4 is 0 Å². The summed E-state index contributed by atoms with van der Waals surface area (Å²) in [5.41, 5.74) is 0. The summed E-state index contributed by atoms with van der Waals surface area (Å²) in [6, 6.07) is 0. The van der Waals surface area contributed by atoms with Gasteiger partial charge >= 0.3 is 0 Å². The van der Waals surface area contributed by atoms with E-state index in [0.29, 0.717) is 0 Å². The first-order valence-electron chi connectivity index (χ1n) is 3.50. The Bertz CT molecular complexity index is 202. The first kappa shape index (κ1) is 8.08. The third-order valence-electron chi connectivity index (χ3n) is 1.54. The zero-order valence-electron chi connectivity index (χ0n) is 6.78. The van der Waals surface area contributed by atoms with E-state index < -0.39 is 0 Å². The van der Waals surface area contributed by atoms with Crippen LogP contribution in [0, 0.1) is 0 Å². The molecule has 60 valence electrons. The van der Waals surface area contributed by atoms with Crippen LogP contribution in [0.2, 0.25) is 0 Å². The van der Waals surface area contributed by atoms with Crippen molar-refractivity contribution in [1.82, 2.24) is 0 Å². The van der Waals surface area contributed by atoms with Crippen LogP contribution in [0.1, 0.15) is 0 Å². The first-order chi connectivity index (χ1) is 5.38. The van der Waals surface area contributed by atoms with Crippen molar-refractivity contribution in [2.75, 3.05) is 14.2 Å². The molecule has 0 heterocycles. The monoisotopic (exact) mass is 152 g/mol. The maximum absolute atomic E-state index is 5.15. The van der Waals surface area contributed by atoms with Crippen LogP contribution in [0.15, 0.2) is 36.1 Å². The predicted molar refractivity (Wildman–Crippen MR) is 44.2 cm³/mol. The zero-order valence-corrected chi connectivity index (χ0v) is 6.78. The molecule has 11 heavy (non-hydrogen) atoms. The summed E-state index contributed by atoms with van der Waals surface area (Å²) in [4.78, 5) is 0. The molecule has 0 bridgehead atoms. The maximum atomic E-state index is 5.15. The van der Waals surface area contributed by atoms with Gasteiger partial charge in [-0.25, -0.2) is 0 Å². The van der Waals surface area contributed by atoms with Crippen LogP contribution in [0.4, 0.5) is 0 Å². The van der Waals surface area contributed by atoms with Crippen LogP contribution in [-0.4, -0.2) is 20.3 Å². The molecule has 2 nitrogen and oxygen atoms in total. The van der Waals surface area contributed by atoms with Gasteiger partial charge in [0.05, 0.1) is 7.11 Å². The number of hydrogen-bond acceptors (Lipinski definition) is 2. The zero-order chi connectivity index (χ0) is 8.10. The molecule has 0 aromatic rings. The Hall–Kier alpha value is -1.02. The molecule has 2 heteroatoms. The summed E-state index contributed by atoms with van der Waals surface area (Å²) in [7, 11) is 3.30. The fraction of sp³-hybridized carbons (Fsp3) is 0.333. The molecule has 1 atom stereocenters. The van der Waals surface area contributed by atoms with E-state index in [2.05, 4.69) is 0 Å². The highest BCUT2D eigenvalue weighted by Crippen LogP contribution is 2.11. The largest absolute Gasteiger partial charge is 0.498 e. The minimum atomic E-state index is -0.0463. The van der Waals surface area contributed by atoms with E-state index in [1.54, 1.807) is 14.2 Å². The molecule has 0 radical (unpaired) electrons. The summed E-state index contributed by atoms with van der Waals surface area (Å²) < 4.78 is 10.3. The Morgan fingerprint density at radius 3 is 2.64 bits per heavy atom.